The van der Waals surface area contributed by atoms with Crippen LogP contribution in [0.5, 0.6) is 5.88 Å². The Morgan fingerprint density at radius 3 is 2.94 bits per heavy atom. The molecule has 0 saturated heterocycles. The van der Waals surface area contributed by atoms with Crippen molar-refractivity contribution in [3.05, 3.63) is 28.5 Å². The number of hydrogen-bond acceptors (Lipinski definition) is 6. The molecule has 5 nitrogen and oxygen atoms in total. The molecular formula is C12H16N4OS. The second-order valence-electron chi connectivity index (χ2n) is 3.69. The molecule has 0 amide bonds. The molecule has 0 aliphatic rings. The molecule has 0 bridgehead atoms. The highest BCUT2D eigenvalue weighted by molar-refractivity contribution is 7.09. The summed E-state index contributed by atoms with van der Waals surface area (Å²) in [5.74, 6) is 1.47. The van der Waals surface area contributed by atoms with Gasteiger partial charge >= 0.3 is 0 Å². The Morgan fingerprint density at radius 1 is 1.33 bits per heavy atom. The molecular weight excluding hydrogens is 248 g/mol. The van der Waals surface area contributed by atoms with Gasteiger partial charge in [-0.25, -0.2) is 15.0 Å². The van der Waals surface area contributed by atoms with Crippen LogP contribution in [0.3, 0.4) is 0 Å². The lowest BCUT2D eigenvalue weighted by atomic mass is 10.3. The SMILES string of the molecule is CCOc1ncnc(NCCc2nccs2)c1C. The lowest BCUT2D eigenvalue weighted by Gasteiger charge is -2.10. The normalized spacial score (nSPS) is 10.3. The van der Waals surface area contributed by atoms with Gasteiger partial charge in [0.2, 0.25) is 5.88 Å². The second-order valence-corrected chi connectivity index (χ2v) is 4.67. The van der Waals surface area contributed by atoms with E-state index in [1.807, 2.05) is 25.4 Å². The van der Waals surface area contributed by atoms with Crippen molar-refractivity contribution in [1.82, 2.24) is 15.0 Å². The molecule has 6 heteroatoms. The van der Waals surface area contributed by atoms with E-state index in [4.69, 9.17) is 4.74 Å². The van der Waals surface area contributed by atoms with Crippen LogP contribution in [0.15, 0.2) is 17.9 Å². The average Bonchev–Trinajstić information content (AvgIpc) is 2.87. The van der Waals surface area contributed by atoms with Crippen molar-refractivity contribution in [3.8, 4) is 5.88 Å². The number of ether oxygens (including phenoxy) is 1. The van der Waals surface area contributed by atoms with E-state index in [9.17, 15) is 0 Å². The number of rotatable bonds is 6. The molecule has 0 radical (unpaired) electrons. The second kappa shape index (κ2) is 6.30. The minimum Gasteiger partial charge on any atom is -0.478 e. The maximum absolute atomic E-state index is 5.43. The van der Waals surface area contributed by atoms with Crippen molar-refractivity contribution >= 4 is 17.2 Å². The molecule has 2 aromatic heterocycles. The largest absolute Gasteiger partial charge is 0.478 e. The first-order valence-corrected chi connectivity index (χ1v) is 6.76. The van der Waals surface area contributed by atoms with Crippen molar-refractivity contribution in [2.45, 2.75) is 20.3 Å². The van der Waals surface area contributed by atoms with Crippen LogP contribution < -0.4 is 10.1 Å². The molecule has 96 valence electrons. The molecule has 0 aromatic carbocycles. The summed E-state index contributed by atoms with van der Waals surface area (Å²) in [7, 11) is 0. The quantitative estimate of drug-likeness (QED) is 0.867. The Labute approximate surface area is 110 Å². The summed E-state index contributed by atoms with van der Waals surface area (Å²) in [4.78, 5) is 12.6. The first-order valence-electron chi connectivity index (χ1n) is 5.88. The summed E-state index contributed by atoms with van der Waals surface area (Å²) in [5.41, 5.74) is 0.943. The number of nitrogens with zero attached hydrogens (tertiary/aromatic N) is 3. The number of nitrogens with one attached hydrogen (secondary N) is 1. The van der Waals surface area contributed by atoms with E-state index in [0.717, 1.165) is 29.4 Å². The standard InChI is InChI=1S/C12H16N4OS/c1-3-17-12-9(2)11(15-8-16-12)14-5-4-10-13-6-7-18-10/h6-8H,3-5H2,1-2H3,(H,14,15,16). The van der Waals surface area contributed by atoms with Gasteiger partial charge in [-0.15, -0.1) is 11.3 Å². The molecule has 2 heterocycles. The van der Waals surface area contributed by atoms with Gasteiger partial charge < -0.3 is 10.1 Å². The maximum atomic E-state index is 5.43. The third-order valence-electron chi connectivity index (χ3n) is 2.43. The van der Waals surface area contributed by atoms with E-state index in [0.29, 0.717) is 12.5 Å². The lowest BCUT2D eigenvalue weighted by Crippen LogP contribution is -2.09. The van der Waals surface area contributed by atoms with Crippen LogP contribution in [0.4, 0.5) is 5.82 Å². The van der Waals surface area contributed by atoms with Crippen LogP contribution in [0, 0.1) is 6.92 Å². The van der Waals surface area contributed by atoms with Crippen molar-refractivity contribution in [2.24, 2.45) is 0 Å². The zero-order valence-corrected chi connectivity index (χ0v) is 11.3. The van der Waals surface area contributed by atoms with E-state index >= 15 is 0 Å². The van der Waals surface area contributed by atoms with Crippen LogP contribution in [0.25, 0.3) is 0 Å². The van der Waals surface area contributed by atoms with Gasteiger partial charge in [-0.3, -0.25) is 0 Å². The van der Waals surface area contributed by atoms with Crippen molar-refractivity contribution in [3.63, 3.8) is 0 Å². The van der Waals surface area contributed by atoms with Gasteiger partial charge in [0.25, 0.3) is 0 Å². The van der Waals surface area contributed by atoms with Crippen LogP contribution in [0.2, 0.25) is 0 Å². The zero-order chi connectivity index (χ0) is 12.8. The Bertz CT molecular complexity index is 487. The van der Waals surface area contributed by atoms with Crippen LogP contribution in [0.1, 0.15) is 17.5 Å². The molecule has 0 aliphatic carbocycles. The van der Waals surface area contributed by atoms with Crippen LogP contribution in [-0.4, -0.2) is 28.1 Å². The smallest absolute Gasteiger partial charge is 0.221 e. The van der Waals surface area contributed by atoms with Crippen LogP contribution >= 0.6 is 11.3 Å². The van der Waals surface area contributed by atoms with Gasteiger partial charge in [0.1, 0.15) is 12.1 Å². The van der Waals surface area contributed by atoms with Gasteiger partial charge in [0.15, 0.2) is 0 Å². The van der Waals surface area contributed by atoms with Gasteiger partial charge in [0, 0.05) is 24.5 Å². The Balaban J connectivity index is 1.94. The summed E-state index contributed by atoms with van der Waals surface area (Å²) in [6, 6.07) is 0. The van der Waals surface area contributed by atoms with Crippen molar-refractivity contribution in [2.75, 3.05) is 18.5 Å². The molecule has 0 fully saturated rings. The molecule has 0 spiro atoms. The molecule has 1 N–H and O–H groups in total. The van der Waals surface area contributed by atoms with E-state index in [2.05, 4.69) is 20.3 Å². The third-order valence-corrected chi connectivity index (χ3v) is 3.27. The molecule has 0 saturated carbocycles. The van der Waals surface area contributed by atoms with Crippen molar-refractivity contribution in [1.29, 1.82) is 0 Å². The predicted molar refractivity (Wildman–Crippen MR) is 72.2 cm³/mol. The highest BCUT2D eigenvalue weighted by atomic mass is 32.1. The fraction of sp³-hybridized carbons (Fsp3) is 0.417. The summed E-state index contributed by atoms with van der Waals surface area (Å²) < 4.78 is 5.43. The number of aromatic nitrogens is 3. The minimum absolute atomic E-state index is 0.608. The van der Waals surface area contributed by atoms with Gasteiger partial charge in [-0.2, -0.15) is 0 Å². The molecule has 0 unspecified atom stereocenters. The number of hydrogen-bond donors (Lipinski definition) is 1. The van der Waals surface area contributed by atoms with Gasteiger partial charge in [-0.1, -0.05) is 0 Å². The molecule has 0 atom stereocenters. The molecule has 0 aliphatic heterocycles. The first kappa shape index (κ1) is 12.8. The summed E-state index contributed by atoms with van der Waals surface area (Å²) in [5, 5.41) is 6.39. The average molecular weight is 264 g/mol. The van der Waals surface area contributed by atoms with Gasteiger partial charge in [-0.05, 0) is 13.8 Å². The molecule has 18 heavy (non-hydrogen) atoms. The summed E-state index contributed by atoms with van der Waals surface area (Å²) in [6.45, 7) is 5.31. The lowest BCUT2D eigenvalue weighted by molar-refractivity contribution is 0.324. The predicted octanol–water partition coefficient (Wildman–Crippen LogP) is 2.29. The van der Waals surface area contributed by atoms with Crippen molar-refractivity contribution < 1.29 is 4.74 Å². The highest BCUT2D eigenvalue weighted by Crippen LogP contribution is 2.20. The Morgan fingerprint density at radius 2 is 2.22 bits per heavy atom. The fourth-order valence-electron chi connectivity index (χ4n) is 1.56. The first-order chi connectivity index (χ1) is 8.81. The van der Waals surface area contributed by atoms with Gasteiger partial charge in [0.05, 0.1) is 17.2 Å². The topological polar surface area (TPSA) is 59.9 Å². The monoisotopic (exact) mass is 264 g/mol. The molecule has 2 aromatic rings. The minimum atomic E-state index is 0.608. The molecule has 2 rings (SSSR count). The number of thiazole rings is 1. The summed E-state index contributed by atoms with van der Waals surface area (Å²) in [6.07, 6.45) is 4.23. The Hall–Kier alpha value is -1.69. The van der Waals surface area contributed by atoms with E-state index < -0.39 is 0 Å². The number of anilines is 1. The Kier molecular flexibility index (Phi) is 4.46. The van der Waals surface area contributed by atoms with E-state index in [1.54, 1.807) is 11.3 Å². The third kappa shape index (κ3) is 3.16. The van der Waals surface area contributed by atoms with E-state index in [1.165, 1.54) is 6.33 Å². The van der Waals surface area contributed by atoms with Crippen LogP contribution in [-0.2, 0) is 6.42 Å². The highest BCUT2D eigenvalue weighted by Gasteiger charge is 2.07. The fourth-order valence-corrected chi connectivity index (χ4v) is 2.18. The summed E-state index contributed by atoms with van der Waals surface area (Å²) >= 11 is 1.66. The zero-order valence-electron chi connectivity index (χ0n) is 10.5. The van der Waals surface area contributed by atoms with E-state index in [-0.39, 0.29) is 0 Å². The maximum Gasteiger partial charge on any atom is 0.221 e.